The molecule has 0 aromatic heterocycles. The molecule has 1 aromatic carbocycles. The van der Waals surface area contributed by atoms with E-state index in [0.717, 1.165) is 12.1 Å². The summed E-state index contributed by atoms with van der Waals surface area (Å²) in [7, 11) is 0. The third-order valence-corrected chi connectivity index (χ3v) is 4.54. The molecule has 2 unspecified atom stereocenters. The van der Waals surface area contributed by atoms with E-state index in [1.807, 2.05) is 20.8 Å². The minimum Gasteiger partial charge on any atom is -0.481 e. The van der Waals surface area contributed by atoms with Crippen molar-refractivity contribution in [2.24, 2.45) is 11.3 Å². The minimum absolute atomic E-state index is 0.125. The van der Waals surface area contributed by atoms with Crippen LogP contribution < -0.4 is 0 Å². The number of nitrogens with zero attached hydrogens (tertiary/aromatic N) is 1. The maximum atomic E-state index is 12.7. The Labute approximate surface area is 151 Å². The maximum absolute atomic E-state index is 12.7. The summed E-state index contributed by atoms with van der Waals surface area (Å²) in [5, 5.41) is 9.40. The first-order valence-electron chi connectivity index (χ1n) is 8.54. The average molecular weight is 371 g/mol. The van der Waals surface area contributed by atoms with Gasteiger partial charge in [-0.3, -0.25) is 9.59 Å². The Morgan fingerprint density at radius 1 is 1.12 bits per heavy atom. The first-order chi connectivity index (χ1) is 11.9. The zero-order valence-electron chi connectivity index (χ0n) is 15.1. The van der Waals surface area contributed by atoms with E-state index in [1.165, 1.54) is 17.0 Å². The van der Waals surface area contributed by atoms with Gasteiger partial charge in [0.05, 0.1) is 11.5 Å². The average Bonchev–Trinajstić information content (AvgIpc) is 2.52. The number of carboxylic acids is 1. The lowest BCUT2D eigenvalue weighted by Gasteiger charge is -2.37. The van der Waals surface area contributed by atoms with Gasteiger partial charge in [0, 0.05) is 25.4 Å². The predicted molar refractivity (Wildman–Crippen MR) is 90.6 cm³/mol. The van der Waals surface area contributed by atoms with Crippen molar-refractivity contribution in [1.82, 2.24) is 4.90 Å². The van der Waals surface area contributed by atoms with Crippen molar-refractivity contribution in [3.8, 4) is 0 Å². The molecule has 0 bridgehead atoms. The number of piperidine rings is 1. The van der Waals surface area contributed by atoms with Gasteiger partial charge in [0.15, 0.2) is 0 Å². The van der Waals surface area contributed by atoms with Crippen molar-refractivity contribution in [2.75, 3.05) is 13.1 Å². The smallest absolute Gasteiger partial charge is 0.416 e. The summed E-state index contributed by atoms with van der Waals surface area (Å²) >= 11 is 0. The van der Waals surface area contributed by atoms with Crippen molar-refractivity contribution in [2.45, 2.75) is 45.7 Å². The van der Waals surface area contributed by atoms with Crippen LogP contribution in [0.4, 0.5) is 13.2 Å². The number of amides is 1. The largest absolute Gasteiger partial charge is 0.481 e. The van der Waals surface area contributed by atoms with Gasteiger partial charge in [0.2, 0.25) is 5.91 Å². The first-order valence-corrected chi connectivity index (χ1v) is 8.54. The van der Waals surface area contributed by atoms with Gasteiger partial charge in [0.1, 0.15) is 0 Å². The molecule has 26 heavy (non-hydrogen) atoms. The van der Waals surface area contributed by atoms with Crippen LogP contribution in [-0.4, -0.2) is 35.0 Å². The number of hydrogen-bond acceptors (Lipinski definition) is 2. The second-order valence-corrected chi connectivity index (χ2v) is 8.12. The molecular weight excluding hydrogens is 347 g/mol. The topological polar surface area (TPSA) is 57.6 Å². The number of benzene rings is 1. The molecule has 4 nitrogen and oxygen atoms in total. The number of carbonyl (C=O) groups is 2. The van der Waals surface area contributed by atoms with Crippen LogP contribution in [0.5, 0.6) is 0 Å². The second kappa shape index (κ2) is 7.29. The van der Waals surface area contributed by atoms with Gasteiger partial charge in [-0.15, -0.1) is 0 Å². The standard InChI is InChI=1S/C19H24F3NO3/c1-18(2,3)9-16(24)23-10-13(8-14(11-23)17(25)26)12-4-6-15(7-5-12)19(20,21)22/h4-7,13-14H,8-11H2,1-3H3,(H,25,26). The summed E-state index contributed by atoms with van der Waals surface area (Å²) < 4.78 is 38.2. The van der Waals surface area contributed by atoms with Gasteiger partial charge < -0.3 is 10.0 Å². The third kappa shape index (κ3) is 5.22. The molecule has 1 saturated heterocycles. The highest BCUT2D eigenvalue weighted by Crippen LogP contribution is 2.34. The minimum atomic E-state index is -4.41. The summed E-state index contributed by atoms with van der Waals surface area (Å²) in [4.78, 5) is 25.5. The van der Waals surface area contributed by atoms with Crippen LogP contribution in [-0.2, 0) is 15.8 Å². The van der Waals surface area contributed by atoms with E-state index in [9.17, 15) is 27.9 Å². The Morgan fingerprint density at radius 3 is 2.15 bits per heavy atom. The molecular formula is C19H24F3NO3. The Kier molecular flexibility index (Phi) is 5.68. The van der Waals surface area contributed by atoms with Crippen LogP contribution in [0.25, 0.3) is 0 Å². The molecule has 1 amide bonds. The van der Waals surface area contributed by atoms with Gasteiger partial charge in [-0.05, 0) is 29.5 Å². The molecule has 144 valence electrons. The summed E-state index contributed by atoms with van der Waals surface area (Å²) in [5.74, 6) is -2.13. The Bertz CT molecular complexity index is 662. The van der Waals surface area contributed by atoms with E-state index in [4.69, 9.17) is 0 Å². The molecule has 0 radical (unpaired) electrons. The lowest BCUT2D eigenvalue weighted by molar-refractivity contribution is -0.146. The first kappa shape index (κ1) is 20.3. The molecule has 1 heterocycles. The molecule has 2 rings (SSSR count). The molecule has 0 aliphatic carbocycles. The Balaban J connectivity index is 2.21. The lowest BCUT2D eigenvalue weighted by Crippen LogP contribution is -2.46. The molecule has 1 aromatic rings. The van der Waals surface area contributed by atoms with Crippen LogP contribution in [0.1, 0.15) is 50.7 Å². The summed E-state index contributed by atoms with van der Waals surface area (Å²) in [6.07, 6.45) is -3.82. The van der Waals surface area contributed by atoms with Crippen LogP contribution in [0.2, 0.25) is 0 Å². The number of hydrogen-bond donors (Lipinski definition) is 1. The van der Waals surface area contributed by atoms with E-state index in [1.54, 1.807) is 0 Å². The van der Waals surface area contributed by atoms with Crippen molar-refractivity contribution in [3.05, 3.63) is 35.4 Å². The van der Waals surface area contributed by atoms with Gasteiger partial charge >= 0.3 is 12.1 Å². The van der Waals surface area contributed by atoms with Crippen LogP contribution in [0, 0.1) is 11.3 Å². The van der Waals surface area contributed by atoms with E-state index in [2.05, 4.69) is 0 Å². The Hall–Kier alpha value is -2.05. The molecule has 1 N–H and O–H groups in total. The van der Waals surface area contributed by atoms with E-state index >= 15 is 0 Å². The monoisotopic (exact) mass is 371 g/mol. The van der Waals surface area contributed by atoms with E-state index < -0.39 is 23.6 Å². The van der Waals surface area contributed by atoms with Gasteiger partial charge in [0.25, 0.3) is 0 Å². The van der Waals surface area contributed by atoms with E-state index in [0.29, 0.717) is 24.9 Å². The summed E-state index contributed by atoms with van der Waals surface area (Å²) in [5.41, 5.74) is -0.345. The number of likely N-dealkylation sites (tertiary alicyclic amines) is 1. The molecule has 1 fully saturated rings. The van der Waals surface area contributed by atoms with Crippen LogP contribution in [0.15, 0.2) is 24.3 Å². The SMILES string of the molecule is CC(C)(C)CC(=O)N1CC(C(=O)O)CC(c2ccc(C(F)(F)F)cc2)C1. The number of halogens is 3. The normalized spacial score (nSPS) is 21.5. The lowest BCUT2D eigenvalue weighted by atomic mass is 9.83. The van der Waals surface area contributed by atoms with Crippen LogP contribution >= 0.6 is 0 Å². The molecule has 0 spiro atoms. The van der Waals surface area contributed by atoms with Crippen molar-refractivity contribution < 1.29 is 27.9 Å². The maximum Gasteiger partial charge on any atom is 0.416 e. The molecule has 0 saturated carbocycles. The number of carboxylic acid groups (broad SMARTS) is 1. The fourth-order valence-corrected chi connectivity index (χ4v) is 3.23. The summed E-state index contributed by atoms with van der Waals surface area (Å²) in [6.45, 7) is 6.25. The Morgan fingerprint density at radius 2 is 1.69 bits per heavy atom. The number of alkyl halides is 3. The molecule has 2 atom stereocenters. The fraction of sp³-hybridized carbons (Fsp3) is 0.579. The van der Waals surface area contributed by atoms with Crippen LogP contribution in [0.3, 0.4) is 0 Å². The zero-order chi connectivity index (χ0) is 19.7. The predicted octanol–water partition coefficient (Wildman–Crippen LogP) is 4.16. The second-order valence-electron chi connectivity index (χ2n) is 8.12. The van der Waals surface area contributed by atoms with Crippen molar-refractivity contribution in [3.63, 3.8) is 0 Å². The third-order valence-electron chi connectivity index (χ3n) is 4.54. The van der Waals surface area contributed by atoms with E-state index in [-0.39, 0.29) is 23.8 Å². The van der Waals surface area contributed by atoms with Crippen molar-refractivity contribution in [1.29, 1.82) is 0 Å². The van der Waals surface area contributed by atoms with Gasteiger partial charge in [-0.1, -0.05) is 32.9 Å². The fourth-order valence-electron chi connectivity index (χ4n) is 3.23. The number of carbonyl (C=O) groups excluding carboxylic acids is 1. The molecule has 7 heteroatoms. The molecule has 1 aliphatic heterocycles. The van der Waals surface area contributed by atoms with Crippen molar-refractivity contribution >= 4 is 11.9 Å². The highest BCUT2D eigenvalue weighted by Gasteiger charge is 2.36. The quantitative estimate of drug-likeness (QED) is 0.868. The van der Waals surface area contributed by atoms with Gasteiger partial charge in [-0.25, -0.2) is 0 Å². The number of aliphatic carboxylic acids is 1. The highest BCUT2D eigenvalue weighted by atomic mass is 19.4. The van der Waals surface area contributed by atoms with Gasteiger partial charge in [-0.2, -0.15) is 13.2 Å². The zero-order valence-corrected chi connectivity index (χ0v) is 15.1. The highest BCUT2D eigenvalue weighted by molar-refractivity contribution is 5.78. The number of rotatable bonds is 3. The summed E-state index contributed by atoms with van der Waals surface area (Å²) in [6, 6.07) is 4.76. The molecule has 1 aliphatic rings.